The Balaban J connectivity index is 2.02. The lowest BCUT2D eigenvalue weighted by Crippen LogP contribution is -2.18. The molecule has 0 aliphatic rings. The molecule has 0 fully saturated rings. The Hall–Kier alpha value is -1.09. The second-order valence-corrected chi connectivity index (χ2v) is 5.15. The summed E-state index contributed by atoms with van der Waals surface area (Å²) in [5, 5.41) is 4.46. The Kier molecular flexibility index (Phi) is 4.81. The fourth-order valence-corrected chi connectivity index (χ4v) is 2.20. The Labute approximate surface area is 122 Å². The number of nitrogens with one attached hydrogen (secondary N) is 1. The quantitative estimate of drug-likeness (QED) is 0.839. The van der Waals surface area contributed by atoms with Gasteiger partial charge >= 0.3 is 0 Å². The fraction of sp³-hybridized carbons (Fsp3) is 0.200. The van der Waals surface area contributed by atoms with Gasteiger partial charge in [-0.25, -0.2) is 4.39 Å². The molecule has 0 heterocycles. The van der Waals surface area contributed by atoms with E-state index in [0.717, 1.165) is 11.1 Å². The summed E-state index contributed by atoms with van der Waals surface area (Å²) in [6, 6.07) is 12.1. The van der Waals surface area contributed by atoms with Crippen molar-refractivity contribution in [1.82, 2.24) is 5.32 Å². The molecule has 2 aromatic rings. The van der Waals surface area contributed by atoms with E-state index in [-0.39, 0.29) is 11.9 Å². The van der Waals surface area contributed by atoms with Crippen molar-refractivity contribution in [2.45, 2.75) is 19.5 Å². The minimum Gasteiger partial charge on any atom is -0.306 e. The van der Waals surface area contributed by atoms with Gasteiger partial charge in [0.15, 0.2) is 0 Å². The zero-order chi connectivity index (χ0) is 13.8. The molecular weight excluding hydrogens is 284 g/mol. The van der Waals surface area contributed by atoms with Gasteiger partial charge in [-0.05, 0) is 36.2 Å². The summed E-state index contributed by atoms with van der Waals surface area (Å²) in [6.45, 7) is 2.63. The number of rotatable bonds is 4. The molecule has 1 N–H and O–H groups in total. The third kappa shape index (κ3) is 3.69. The minimum absolute atomic E-state index is 0.107. The molecule has 0 bridgehead atoms. The summed E-state index contributed by atoms with van der Waals surface area (Å²) in [6.07, 6.45) is 0. The second-order valence-electron chi connectivity index (χ2n) is 4.37. The molecule has 19 heavy (non-hydrogen) atoms. The standard InChI is InChI=1S/C15H14Cl2FN/c1-10(11-5-7-13(18)8-6-11)19-9-12-3-2-4-14(16)15(12)17/h2-8,10,19H,9H2,1H3. The van der Waals surface area contributed by atoms with Crippen molar-refractivity contribution in [3.8, 4) is 0 Å². The van der Waals surface area contributed by atoms with Crippen LogP contribution in [0.5, 0.6) is 0 Å². The highest BCUT2D eigenvalue weighted by atomic mass is 35.5. The maximum absolute atomic E-state index is 12.8. The van der Waals surface area contributed by atoms with E-state index in [4.69, 9.17) is 23.2 Å². The lowest BCUT2D eigenvalue weighted by molar-refractivity contribution is 0.571. The van der Waals surface area contributed by atoms with Crippen LogP contribution in [0.1, 0.15) is 24.1 Å². The SMILES string of the molecule is CC(NCc1cccc(Cl)c1Cl)c1ccc(F)cc1. The first-order valence-corrected chi connectivity index (χ1v) is 6.75. The van der Waals surface area contributed by atoms with E-state index >= 15 is 0 Å². The van der Waals surface area contributed by atoms with Crippen LogP contribution in [0.2, 0.25) is 10.0 Å². The number of hydrogen-bond acceptors (Lipinski definition) is 1. The van der Waals surface area contributed by atoms with E-state index in [9.17, 15) is 4.39 Å². The van der Waals surface area contributed by atoms with Gasteiger partial charge in [0.05, 0.1) is 10.0 Å². The summed E-state index contributed by atoms with van der Waals surface area (Å²) in [5.74, 6) is -0.228. The zero-order valence-corrected chi connectivity index (χ0v) is 12.0. The summed E-state index contributed by atoms with van der Waals surface area (Å²) in [5.41, 5.74) is 1.97. The maximum atomic E-state index is 12.8. The molecule has 1 unspecified atom stereocenters. The summed E-state index contributed by atoms with van der Waals surface area (Å²) in [4.78, 5) is 0. The lowest BCUT2D eigenvalue weighted by atomic mass is 10.1. The summed E-state index contributed by atoms with van der Waals surface area (Å²) < 4.78 is 12.8. The van der Waals surface area contributed by atoms with Crippen LogP contribution in [-0.4, -0.2) is 0 Å². The molecule has 1 nitrogen and oxygen atoms in total. The van der Waals surface area contributed by atoms with E-state index in [1.807, 2.05) is 19.1 Å². The van der Waals surface area contributed by atoms with E-state index < -0.39 is 0 Å². The molecular formula is C15H14Cl2FN. The predicted octanol–water partition coefficient (Wildman–Crippen LogP) is 4.98. The van der Waals surface area contributed by atoms with Gasteiger partial charge in [0.2, 0.25) is 0 Å². The normalized spacial score (nSPS) is 12.4. The highest BCUT2D eigenvalue weighted by molar-refractivity contribution is 6.42. The van der Waals surface area contributed by atoms with Crippen LogP contribution in [0.3, 0.4) is 0 Å². The predicted molar refractivity (Wildman–Crippen MR) is 78.1 cm³/mol. The lowest BCUT2D eigenvalue weighted by Gasteiger charge is -2.15. The minimum atomic E-state index is -0.228. The molecule has 0 aromatic heterocycles. The fourth-order valence-electron chi connectivity index (χ4n) is 1.82. The van der Waals surface area contributed by atoms with Crippen LogP contribution in [0.15, 0.2) is 42.5 Å². The molecule has 0 aliphatic heterocycles. The summed E-state index contributed by atoms with van der Waals surface area (Å²) >= 11 is 12.1. The van der Waals surface area contributed by atoms with Gasteiger partial charge in [-0.2, -0.15) is 0 Å². The Morgan fingerprint density at radius 2 is 1.79 bits per heavy atom. The van der Waals surface area contributed by atoms with Gasteiger partial charge in [-0.3, -0.25) is 0 Å². The maximum Gasteiger partial charge on any atom is 0.123 e. The van der Waals surface area contributed by atoms with Crippen LogP contribution in [-0.2, 0) is 6.54 Å². The Morgan fingerprint density at radius 3 is 2.47 bits per heavy atom. The third-order valence-electron chi connectivity index (χ3n) is 3.00. The smallest absolute Gasteiger partial charge is 0.123 e. The molecule has 0 radical (unpaired) electrons. The Morgan fingerprint density at radius 1 is 1.11 bits per heavy atom. The van der Waals surface area contributed by atoms with Gasteiger partial charge in [0, 0.05) is 12.6 Å². The van der Waals surface area contributed by atoms with Gasteiger partial charge < -0.3 is 5.32 Å². The van der Waals surface area contributed by atoms with Gasteiger partial charge in [-0.1, -0.05) is 47.5 Å². The molecule has 2 aromatic carbocycles. The van der Waals surface area contributed by atoms with E-state index in [1.165, 1.54) is 12.1 Å². The van der Waals surface area contributed by atoms with Crippen molar-refractivity contribution >= 4 is 23.2 Å². The van der Waals surface area contributed by atoms with Crippen molar-refractivity contribution in [3.05, 3.63) is 69.5 Å². The first-order chi connectivity index (χ1) is 9.08. The van der Waals surface area contributed by atoms with Crippen molar-refractivity contribution < 1.29 is 4.39 Å². The molecule has 1 atom stereocenters. The van der Waals surface area contributed by atoms with Crippen LogP contribution < -0.4 is 5.32 Å². The van der Waals surface area contributed by atoms with Crippen LogP contribution in [0.25, 0.3) is 0 Å². The van der Waals surface area contributed by atoms with Crippen molar-refractivity contribution in [3.63, 3.8) is 0 Å². The van der Waals surface area contributed by atoms with E-state index in [2.05, 4.69) is 5.32 Å². The van der Waals surface area contributed by atoms with Crippen molar-refractivity contribution in [2.24, 2.45) is 0 Å². The monoisotopic (exact) mass is 297 g/mol. The molecule has 0 spiro atoms. The Bertz CT molecular complexity index is 555. The summed E-state index contributed by atoms with van der Waals surface area (Å²) in [7, 11) is 0. The van der Waals surface area contributed by atoms with Gasteiger partial charge in [0.25, 0.3) is 0 Å². The van der Waals surface area contributed by atoms with Crippen molar-refractivity contribution in [1.29, 1.82) is 0 Å². The third-order valence-corrected chi connectivity index (χ3v) is 3.86. The van der Waals surface area contributed by atoms with Gasteiger partial charge in [-0.15, -0.1) is 0 Å². The van der Waals surface area contributed by atoms with Crippen LogP contribution >= 0.6 is 23.2 Å². The number of benzene rings is 2. The van der Waals surface area contributed by atoms with Crippen molar-refractivity contribution in [2.75, 3.05) is 0 Å². The van der Waals surface area contributed by atoms with E-state index in [0.29, 0.717) is 16.6 Å². The first kappa shape index (κ1) is 14.3. The van der Waals surface area contributed by atoms with Gasteiger partial charge in [0.1, 0.15) is 5.82 Å². The molecule has 100 valence electrons. The highest BCUT2D eigenvalue weighted by Crippen LogP contribution is 2.26. The van der Waals surface area contributed by atoms with Crippen LogP contribution in [0.4, 0.5) is 4.39 Å². The average molecular weight is 298 g/mol. The largest absolute Gasteiger partial charge is 0.306 e. The molecule has 0 aliphatic carbocycles. The second kappa shape index (κ2) is 6.38. The molecule has 0 saturated carbocycles. The molecule has 2 rings (SSSR count). The molecule has 0 amide bonds. The number of halogens is 3. The highest BCUT2D eigenvalue weighted by Gasteiger charge is 2.08. The topological polar surface area (TPSA) is 12.0 Å². The zero-order valence-electron chi connectivity index (χ0n) is 10.5. The number of hydrogen-bond donors (Lipinski definition) is 1. The van der Waals surface area contributed by atoms with E-state index in [1.54, 1.807) is 18.2 Å². The molecule has 0 saturated heterocycles. The first-order valence-electron chi connectivity index (χ1n) is 5.99. The molecule has 4 heteroatoms. The van der Waals surface area contributed by atoms with Crippen LogP contribution in [0, 0.1) is 5.82 Å². The average Bonchev–Trinajstić information content (AvgIpc) is 2.41.